The molecule has 4 aliphatic rings. The van der Waals surface area contributed by atoms with Crippen molar-refractivity contribution in [2.75, 3.05) is 6.61 Å². The third-order valence-corrected chi connectivity index (χ3v) is 12.0. The van der Waals surface area contributed by atoms with Crippen molar-refractivity contribution in [1.82, 2.24) is 0 Å². The molecule has 0 radical (unpaired) electrons. The molecule has 0 spiro atoms. The highest BCUT2D eigenvalue weighted by Gasteiger charge is 2.74. The molecule has 6 nitrogen and oxygen atoms in total. The molecule has 0 bridgehead atoms. The molecule has 4 aliphatic carbocycles. The van der Waals surface area contributed by atoms with E-state index in [1.165, 1.54) is 0 Å². The van der Waals surface area contributed by atoms with E-state index in [1.807, 2.05) is 6.92 Å². The molecule has 0 aromatic heterocycles. The predicted molar refractivity (Wildman–Crippen MR) is 135 cm³/mol. The van der Waals surface area contributed by atoms with Gasteiger partial charge in [-0.15, -0.1) is 0 Å². The zero-order valence-electron chi connectivity index (χ0n) is 22.7. The van der Waals surface area contributed by atoms with Gasteiger partial charge in [0.25, 0.3) is 0 Å². The Hall–Kier alpha value is -0.240. The standard InChI is InChI=1S/C29H52O6/c1-17(2)19(10-13-30)7-6-18(3)21-14-22(32)25-26(21,4)11-9-23-27(5)12-8-20(31)15-29(27,35)24(33)16-28(23,25)34/h17-25,30-35H,6-16H2,1-5H3/t18-,19+,20+,21-,22+,23-,24-,25-,26-,27-,28+,29+/m1/s1. The van der Waals surface area contributed by atoms with Crippen molar-refractivity contribution >= 4 is 0 Å². The zero-order chi connectivity index (χ0) is 26.0. The number of aliphatic hydroxyl groups excluding tert-OH is 4. The van der Waals surface area contributed by atoms with E-state index in [2.05, 4.69) is 27.7 Å². The fourth-order valence-electron chi connectivity index (χ4n) is 10.0. The molecule has 6 heteroatoms. The monoisotopic (exact) mass is 496 g/mol. The van der Waals surface area contributed by atoms with Crippen LogP contribution in [0.15, 0.2) is 0 Å². The second-order valence-electron chi connectivity index (χ2n) is 14.0. The van der Waals surface area contributed by atoms with Crippen LogP contribution in [0.2, 0.25) is 0 Å². The maximum absolute atomic E-state index is 12.4. The van der Waals surface area contributed by atoms with Crippen LogP contribution in [0.5, 0.6) is 0 Å². The van der Waals surface area contributed by atoms with Gasteiger partial charge in [-0.3, -0.25) is 0 Å². The fraction of sp³-hybridized carbons (Fsp3) is 1.00. The van der Waals surface area contributed by atoms with Crippen LogP contribution in [-0.2, 0) is 0 Å². The first-order chi connectivity index (χ1) is 16.2. The Morgan fingerprint density at radius 3 is 2.20 bits per heavy atom. The topological polar surface area (TPSA) is 121 Å². The van der Waals surface area contributed by atoms with Gasteiger partial charge in [0.05, 0.1) is 29.5 Å². The van der Waals surface area contributed by atoms with Crippen LogP contribution in [-0.4, -0.2) is 66.8 Å². The highest BCUT2D eigenvalue weighted by atomic mass is 16.4. The summed E-state index contributed by atoms with van der Waals surface area (Å²) < 4.78 is 0. The second kappa shape index (κ2) is 9.50. The van der Waals surface area contributed by atoms with Gasteiger partial charge in [0, 0.05) is 30.8 Å². The molecule has 12 atom stereocenters. The predicted octanol–water partition coefficient (Wildman–Crippen LogP) is 3.25. The van der Waals surface area contributed by atoms with Crippen LogP contribution in [0.3, 0.4) is 0 Å². The van der Waals surface area contributed by atoms with Crippen LogP contribution in [0, 0.1) is 46.3 Å². The molecule has 0 amide bonds. The van der Waals surface area contributed by atoms with Crippen LogP contribution < -0.4 is 0 Å². The van der Waals surface area contributed by atoms with Gasteiger partial charge in [-0.25, -0.2) is 0 Å². The third kappa shape index (κ3) is 4.13. The summed E-state index contributed by atoms with van der Waals surface area (Å²) in [7, 11) is 0. The first-order valence-electron chi connectivity index (χ1n) is 14.3. The summed E-state index contributed by atoms with van der Waals surface area (Å²) in [5.41, 5.74) is -3.57. The lowest BCUT2D eigenvalue weighted by molar-refractivity contribution is -0.315. The van der Waals surface area contributed by atoms with Gasteiger partial charge in [-0.1, -0.05) is 41.0 Å². The normalized spacial score (nSPS) is 51.4. The minimum atomic E-state index is -1.41. The average molecular weight is 497 g/mol. The molecule has 4 fully saturated rings. The number of fused-ring (bicyclic) bond motifs is 5. The molecule has 0 aromatic carbocycles. The van der Waals surface area contributed by atoms with Crippen molar-refractivity contribution in [2.45, 2.75) is 128 Å². The van der Waals surface area contributed by atoms with E-state index in [1.54, 1.807) is 0 Å². The van der Waals surface area contributed by atoms with Crippen LogP contribution in [0.25, 0.3) is 0 Å². The summed E-state index contributed by atoms with van der Waals surface area (Å²) >= 11 is 0. The Labute approximate surface area is 212 Å². The number of hydrogen-bond acceptors (Lipinski definition) is 6. The minimum absolute atomic E-state index is 0.0564. The summed E-state index contributed by atoms with van der Waals surface area (Å²) in [6, 6.07) is 0. The molecular weight excluding hydrogens is 444 g/mol. The maximum Gasteiger partial charge on any atom is 0.0987 e. The van der Waals surface area contributed by atoms with Gasteiger partial charge in [0.2, 0.25) is 0 Å². The minimum Gasteiger partial charge on any atom is -0.396 e. The van der Waals surface area contributed by atoms with Gasteiger partial charge in [0.1, 0.15) is 0 Å². The maximum atomic E-state index is 12.4. The lowest BCUT2D eigenvalue weighted by Crippen LogP contribution is -2.75. The van der Waals surface area contributed by atoms with Gasteiger partial charge in [-0.05, 0) is 80.0 Å². The van der Waals surface area contributed by atoms with Crippen LogP contribution in [0.1, 0.15) is 98.8 Å². The summed E-state index contributed by atoms with van der Waals surface area (Å²) in [4.78, 5) is 0. The molecule has 6 N–H and O–H groups in total. The van der Waals surface area contributed by atoms with Gasteiger partial charge < -0.3 is 30.6 Å². The molecule has 0 unspecified atom stereocenters. The lowest BCUT2D eigenvalue weighted by atomic mass is 9.40. The molecule has 4 saturated carbocycles. The summed E-state index contributed by atoms with van der Waals surface area (Å²) in [6.07, 6.45) is 4.20. The molecule has 0 aliphatic heterocycles. The largest absolute Gasteiger partial charge is 0.396 e. The van der Waals surface area contributed by atoms with Gasteiger partial charge in [-0.2, -0.15) is 0 Å². The van der Waals surface area contributed by atoms with Crippen molar-refractivity contribution in [1.29, 1.82) is 0 Å². The van der Waals surface area contributed by atoms with Gasteiger partial charge >= 0.3 is 0 Å². The molecule has 0 heterocycles. The number of aliphatic hydroxyl groups is 6. The number of hydrogen-bond donors (Lipinski definition) is 6. The number of rotatable bonds is 7. The van der Waals surface area contributed by atoms with Crippen LogP contribution in [0.4, 0.5) is 0 Å². The molecule has 0 saturated heterocycles. The molecule has 35 heavy (non-hydrogen) atoms. The van der Waals surface area contributed by atoms with Crippen molar-refractivity contribution in [3.05, 3.63) is 0 Å². The van der Waals surface area contributed by atoms with Crippen LogP contribution >= 0.6 is 0 Å². The van der Waals surface area contributed by atoms with Crippen molar-refractivity contribution in [3.8, 4) is 0 Å². The first-order valence-corrected chi connectivity index (χ1v) is 14.3. The Balaban J connectivity index is 1.59. The highest BCUT2D eigenvalue weighted by molar-refractivity contribution is 5.23. The third-order valence-electron chi connectivity index (χ3n) is 12.0. The second-order valence-corrected chi connectivity index (χ2v) is 14.0. The van der Waals surface area contributed by atoms with E-state index in [9.17, 15) is 30.6 Å². The average Bonchev–Trinajstić information content (AvgIpc) is 3.04. The molecule has 4 rings (SSSR count). The molecular formula is C29H52O6. The quantitative estimate of drug-likeness (QED) is 0.322. The zero-order valence-corrected chi connectivity index (χ0v) is 22.7. The molecule has 0 aromatic rings. The highest BCUT2D eigenvalue weighted by Crippen LogP contribution is 2.70. The Bertz CT molecular complexity index is 759. The summed E-state index contributed by atoms with van der Waals surface area (Å²) in [5, 5.41) is 66.5. The Morgan fingerprint density at radius 1 is 0.886 bits per heavy atom. The van der Waals surface area contributed by atoms with E-state index in [0.29, 0.717) is 37.0 Å². The molecule has 204 valence electrons. The Morgan fingerprint density at radius 2 is 1.57 bits per heavy atom. The van der Waals surface area contributed by atoms with E-state index in [-0.39, 0.29) is 42.6 Å². The smallest absolute Gasteiger partial charge is 0.0987 e. The Kier molecular flexibility index (Phi) is 7.54. The summed E-state index contributed by atoms with van der Waals surface area (Å²) in [5.74, 6) is 1.15. The lowest BCUT2D eigenvalue weighted by Gasteiger charge is -2.68. The van der Waals surface area contributed by atoms with E-state index >= 15 is 0 Å². The summed E-state index contributed by atoms with van der Waals surface area (Å²) in [6.45, 7) is 11.2. The van der Waals surface area contributed by atoms with E-state index < -0.39 is 34.9 Å². The van der Waals surface area contributed by atoms with E-state index in [4.69, 9.17) is 0 Å². The SMILES string of the molecule is CC(C)[C@H](CCO)CC[C@@H](C)[C@H]1C[C@H](O)[C@@H]2[C@]1(C)CC[C@H]1[C@@]2(O)C[C@@H](O)[C@@]2(O)C[C@@H](O)CC[C@]12C. The van der Waals surface area contributed by atoms with Crippen molar-refractivity contribution < 1.29 is 30.6 Å². The first kappa shape index (κ1) is 27.8. The fourth-order valence-corrected chi connectivity index (χ4v) is 10.0. The van der Waals surface area contributed by atoms with Crippen molar-refractivity contribution in [2.24, 2.45) is 46.3 Å². The van der Waals surface area contributed by atoms with Gasteiger partial charge in [0.15, 0.2) is 0 Å². The van der Waals surface area contributed by atoms with Crippen molar-refractivity contribution in [3.63, 3.8) is 0 Å². The van der Waals surface area contributed by atoms with E-state index in [0.717, 1.165) is 32.1 Å².